The van der Waals surface area contributed by atoms with Gasteiger partial charge in [0.1, 0.15) is 0 Å². The third kappa shape index (κ3) is 5.62. The third-order valence-electron chi connectivity index (χ3n) is 2.03. The van der Waals surface area contributed by atoms with Gasteiger partial charge >= 0.3 is 5.69 Å². The lowest BCUT2D eigenvalue weighted by molar-refractivity contribution is -0.742. The van der Waals surface area contributed by atoms with E-state index < -0.39 is 10.0 Å². The standard InChI is InChI=1S/C10H12N2O4.HNO3/c1-6-4-9(12(14)15)10(16-3)5-8(6)11-7(2)13;2-1(3)4/h4-5H,1-3H3,(H,11,13);(H,2,3,4). The van der Waals surface area contributed by atoms with Crippen molar-refractivity contribution in [2.75, 3.05) is 12.4 Å². The van der Waals surface area contributed by atoms with Crippen molar-refractivity contribution in [2.45, 2.75) is 13.8 Å². The van der Waals surface area contributed by atoms with E-state index in [0.29, 0.717) is 11.3 Å². The molecular weight excluding hydrogens is 274 g/mol. The number of aryl methyl sites for hydroxylation is 1. The van der Waals surface area contributed by atoms with Crippen molar-refractivity contribution in [1.82, 2.24) is 0 Å². The van der Waals surface area contributed by atoms with Crippen LogP contribution >= 0.6 is 0 Å². The number of nitrogens with one attached hydrogen (secondary N) is 1. The van der Waals surface area contributed by atoms with Crippen LogP contribution in [0.25, 0.3) is 0 Å². The lowest BCUT2D eigenvalue weighted by atomic mass is 10.1. The summed E-state index contributed by atoms with van der Waals surface area (Å²) in [7, 11) is 1.34. The molecule has 10 heteroatoms. The maximum atomic E-state index is 10.9. The smallest absolute Gasteiger partial charge is 0.311 e. The maximum absolute atomic E-state index is 10.9. The van der Waals surface area contributed by atoms with Gasteiger partial charge in [0, 0.05) is 24.7 Å². The van der Waals surface area contributed by atoms with Crippen LogP contribution in [0.3, 0.4) is 0 Å². The number of carbonyl (C=O) groups is 1. The Kier molecular flexibility index (Phi) is 6.42. The molecular formula is C10H13N3O7. The monoisotopic (exact) mass is 287 g/mol. The van der Waals surface area contributed by atoms with Gasteiger partial charge in [0.05, 0.1) is 12.0 Å². The third-order valence-corrected chi connectivity index (χ3v) is 2.03. The highest BCUT2D eigenvalue weighted by Crippen LogP contribution is 2.32. The number of anilines is 1. The van der Waals surface area contributed by atoms with Gasteiger partial charge in [-0.25, -0.2) is 0 Å². The molecule has 0 radical (unpaired) electrons. The molecule has 0 aliphatic carbocycles. The summed E-state index contributed by atoms with van der Waals surface area (Å²) in [5.41, 5.74) is 1.01. The summed E-state index contributed by atoms with van der Waals surface area (Å²) in [6, 6.07) is 2.80. The topological polar surface area (TPSA) is 145 Å². The Bertz CT molecular complexity index is 526. The number of carbonyl (C=O) groups excluding carboxylic acids is 1. The Morgan fingerprint density at radius 2 is 1.85 bits per heavy atom. The lowest BCUT2D eigenvalue weighted by Gasteiger charge is -2.09. The van der Waals surface area contributed by atoms with E-state index in [1.807, 2.05) is 0 Å². The van der Waals surface area contributed by atoms with Crippen LogP contribution in [0.5, 0.6) is 5.75 Å². The molecule has 1 rings (SSSR count). The fourth-order valence-corrected chi connectivity index (χ4v) is 1.30. The fourth-order valence-electron chi connectivity index (χ4n) is 1.30. The van der Waals surface area contributed by atoms with Crippen LogP contribution in [0.1, 0.15) is 12.5 Å². The minimum Gasteiger partial charge on any atom is -0.490 e. The van der Waals surface area contributed by atoms with Crippen molar-refractivity contribution in [1.29, 1.82) is 0 Å². The second-order valence-corrected chi connectivity index (χ2v) is 3.52. The number of nitro benzene ring substituents is 1. The average molecular weight is 287 g/mol. The van der Waals surface area contributed by atoms with Crippen LogP contribution < -0.4 is 10.1 Å². The highest BCUT2D eigenvalue weighted by atomic mass is 16.9. The summed E-state index contributed by atoms with van der Waals surface area (Å²) in [6.45, 7) is 3.05. The van der Waals surface area contributed by atoms with Gasteiger partial charge in [-0.3, -0.25) is 14.9 Å². The molecule has 0 atom stereocenters. The van der Waals surface area contributed by atoms with E-state index in [0.717, 1.165) is 0 Å². The van der Waals surface area contributed by atoms with Gasteiger partial charge in [0.15, 0.2) is 5.75 Å². The van der Waals surface area contributed by atoms with E-state index >= 15 is 0 Å². The molecule has 0 spiro atoms. The predicted molar refractivity (Wildman–Crippen MR) is 67.5 cm³/mol. The van der Waals surface area contributed by atoms with Gasteiger partial charge in [-0.15, -0.1) is 10.1 Å². The molecule has 0 bridgehead atoms. The predicted octanol–water partition coefficient (Wildman–Crippen LogP) is 1.52. The number of benzene rings is 1. The van der Waals surface area contributed by atoms with Crippen molar-refractivity contribution in [2.24, 2.45) is 0 Å². The summed E-state index contributed by atoms with van der Waals surface area (Å²) in [4.78, 5) is 29.4. The number of nitro groups is 1. The summed E-state index contributed by atoms with van der Waals surface area (Å²) in [5.74, 6) is -0.113. The van der Waals surface area contributed by atoms with Gasteiger partial charge in [0.25, 0.3) is 5.09 Å². The first-order chi connectivity index (χ1) is 9.18. The number of amides is 1. The largest absolute Gasteiger partial charge is 0.490 e. The normalized spacial score (nSPS) is 8.95. The van der Waals surface area contributed by atoms with Crippen molar-refractivity contribution in [3.63, 3.8) is 0 Å². The lowest BCUT2D eigenvalue weighted by Crippen LogP contribution is -2.08. The molecule has 2 N–H and O–H groups in total. The van der Waals surface area contributed by atoms with E-state index in [9.17, 15) is 14.9 Å². The van der Waals surface area contributed by atoms with Crippen LogP contribution in [0.15, 0.2) is 12.1 Å². The summed E-state index contributed by atoms with van der Waals surface area (Å²) in [6.07, 6.45) is 0. The Labute approximate surface area is 113 Å². The first-order valence-electron chi connectivity index (χ1n) is 5.13. The fraction of sp³-hybridized carbons (Fsp3) is 0.300. The molecule has 0 aromatic heterocycles. The molecule has 20 heavy (non-hydrogen) atoms. The average Bonchev–Trinajstić information content (AvgIpc) is 2.29. The van der Waals surface area contributed by atoms with Crippen molar-refractivity contribution < 1.29 is 24.7 Å². The molecule has 110 valence electrons. The second-order valence-electron chi connectivity index (χ2n) is 3.52. The van der Waals surface area contributed by atoms with Crippen LogP contribution in [0.4, 0.5) is 11.4 Å². The Balaban J connectivity index is 0.000000796. The van der Waals surface area contributed by atoms with Gasteiger partial charge < -0.3 is 15.3 Å². The number of nitrogens with zero attached hydrogens (tertiary/aromatic N) is 2. The molecule has 0 saturated carbocycles. The number of hydrogen-bond acceptors (Lipinski definition) is 6. The number of hydrogen-bond donors (Lipinski definition) is 2. The molecule has 0 aliphatic heterocycles. The summed E-state index contributed by atoms with van der Waals surface area (Å²) >= 11 is 0. The van der Waals surface area contributed by atoms with Crippen LogP contribution in [-0.2, 0) is 4.79 Å². The van der Waals surface area contributed by atoms with E-state index in [1.54, 1.807) is 6.92 Å². The van der Waals surface area contributed by atoms with Crippen LogP contribution in [-0.4, -0.2) is 28.2 Å². The zero-order valence-corrected chi connectivity index (χ0v) is 10.9. The molecule has 10 nitrogen and oxygen atoms in total. The first-order valence-corrected chi connectivity index (χ1v) is 5.13. The minimum atomic E-state index is -1.50. The van der Waals surface area contributed by atoms with E-state index in [-0.39, 0.29) is 17.3 Å². The number of rotatable bonds is 3. The molecule has 0 saturated heterocycles. The number of methoxy groups -OCH3 is 1. The Hall–Kier alpha value is -2.91. The second kappa shape index (κ2) is 7.51. The van der Waals surface area contributed by atoms with Crippen molar-refractivity contribution in [3.8, 4) is 5.75 Å². The maximum Gasteiger partial charge on any atom is 0.311 e. The Morgan fingerprint density at radius 1 is 1.35 bits per heavy atom. The zero-order valence-electron chi connectivity index (χ0n) is 10.9. The van der Waals surface area contributed by atoms with Crippen molar-refractivity contribution in [3.05, 3.63) is 37.9 Å². The summed E-state index contributed by atoms with van der Waals surface area (Å²) in [5, 5.41) is 26.9. The quantitative estimate of drug-likeness (QED) is 0.633. The van der Waals surface area contributed by atoms with Gasteiger partial charge in [-0.1, -0.05) is 0 Å². The summed E-state index contributed by atoms with van der Waals surface area (Å²) < 4.78 is 4.89. The Morgan fingerprint density at radius 3 is 2.20 bits per heavy atom. The van der Waals surface area contributed by atoms with Gasteiger partial charge in [0.2, 0.25) is 5.91 Å². The zero-order chi connectivity index (χ0) is 15.9. The molecule has 0 unspecified atom stereocenters. The van der Waals surface area contributed by atoms with Crippen LogP contribution in [0, 0.1) is 27.2 Å². The highest BCUT2D eigenvalue weighted by Gasteiger charge is 2.17. The van der Waals surface area contributed by atoms with E-state index in [4.69, 9.17) is 20.1 Å². The van der Waals surface area contributed by atoms with E-state index in [2.05, 4.69) is 5.32 Å². The van der Waals surface area contributed by atoms with Crippen molar-refractivity contribution >= 4 is 17.3 Å². The molecule has 1 aromatic rings. The molecule has 1 aromatic carbocycles. The molecule has 1 amide bonds. The number of ether oxygens (including phenoxy) is 1. The minimum absolute atomic E-state index is 0.117. The van der Waals surface area contributed by atoms with Gasteiger partial charge in [-0.05, 0) is 12.5 Å². The molecule has 0 aliphatic rings. The van der Waals surface area contributed by atoms with Gasteiger partial charge in [-0.2, -0.15) is 0 Å². The molecule has 0 fully saturated rings. The molecule has 0 heterocycles. The first kappa shape index (κ1) is 17.1. The SMILES string of the molecule is COc1cc(NC(C)=O)c(C)cc1[N+](=O)[O-].O=[N+]([O-])O. The van der Waals surface area contributed by atoms with E-state index in [1.165, 1.54) is 26.2 Å². The van der Waals surface area contributed by atoms with Crippen LogP contribution in [0.2, 0.25) is 0 Å². The highest BCUT2D eigenvalue weighted by molar-refractivity contribution is 5.90.